The SMILES string of the molecule is CCCCCOc1ccc([C@H]2C(C(=O)O)[C@@H](c3ccc4c(c3)OCO4)CN2CC(=O)Nc2c(CC)cc(F)cc2CC)cc1. The fourth-order valence-electron chi connectivity index (χ4n) is 6.38. The van der Waals surface area contributed by atoms with Crippen molar-refractivity contribution in [2.75, 3.05) is 31.8 Å². The van der Waals surface area contributed by atoms with Crippen LogP contribution in [0.3, 0.4) is 0 Å². The van der Waals surface area contributed by atoms with E-state index < -0.39 is 23.8 Å². The highest BCUT2D eigenvalue weighted by molar-refractivity contribution is 5.94. The highest BCUT2D eigenvalue weighted by Gasteiger charge is 2.48. The minimum Gasteiger partial charge on any atom is -0.494 e. The van der Waals surface area contributed by atoms with Gasteiger partial charge in [0.15, 0.2) is 11.5 Å². The van der Waals surface area contributed by atoms with Gasteiger partial charge in [0.05, 0.1) is 19.1 Å². The van der Waals surface area contributed by atoms with E-state index in [2.05, 4.69) is 12.2 Å². The van der Waals surface area contributed by atoms with E-state index in [9.17, 15) is 19.1 Å². The van der Waals surface area contributed by atoms with Crippen LogP contribution < -0.4 is 19.5 Å². The summed E-state index contributed by atoms with van der Waals surface area (Å²) in [5.41, 5.74) is 3.68. The number of hydrogen-bond acceptors (Lipinski definition) is 6. The number of hydrogen-bond donors (Lipinski definition) is 2. The van der Waals surface area contributed by atoms with Crippen molar-refractivity contribution in [3.63, 3.8) is 0 Å². The van der Waals surface area contributed by atoms with E-state index in [-0.39, 0.29) is 25.1 Å². The molecule has 234 valence electrons. The Balaban J connectivity index is 1.45. The van der Waals surface area contributed by atoms with E-state index in [1.807, 2.05) is 55.1 Å². The number of aliphatic carboxylic acids is 1. The first-order chi connectivity index (χ1) is 21.3. The first-order valence-electron chi connectivity index (χ1n) is 15.5. The number of amides is 1. The van der Waals surface area contributed by atoms with Crippen molar-refractivity contribution in [1.29, 1.82) is 0 Å². The van der Waals surface area contributed by atoms with E-state index in [1.165, 1.54) is 12.1 Å². The number of rotatable bonds is 13. The quantitative estimate of drug-likeness (QED) is 0.209. The summed E-state index contributed by atoms with van der Waals surface area (Å²) in [5.74, 6) is -0.862. The van der Waals surface area contributed by atoms with E-state index in [0.29, 0.717) is 43.2 Å². The Morgan fingerprint density at radius 1 is 0.955 bits per heavy atom. The molecule has 0 spiro atoms. The Morgan fingerprint density at radius 3 is 2.30 bits per heavy atom. The zero-order valence-electron chi connectivity index (χ0n) is 25.6. The second-order valence-corrected chi connectivity index (χ2v) is 11.4. The summed E-state index contributed by atoms with van der Waals surface area (Å²) in [4.78, 5) is 28.5. The molecule has 3 atom stereocenters. The molecule has 2 N–H and O–H groups in total. The van der Waals surface area contributed by atoms with Gasteiger partial charge in [-0.05, 0) is 77.9 Å². The molecular weight excluding hydrogens is 563 g/mol. The number of benzene rings is 3. The van der Waals surface area contributed by atoms with Crippen LogP contribution in [-0.4, -0.2) is 48.4 Å². The molecule has 3 aromatic carbocycles. The van der Waals surface area contributed by atoms with Gasteiger partial charge in [-0.2, -0.15) is 0 Å². The first-order valence-corrected chi connectivity index (χ1v) is 15.5. The Morgan fingerprint density at radius 2 is 1.64 bits per heavy atom. The smallest absolute Gasteiger partial charge is 0.309 e. The van der Waals surface area contributed by atoms with Gasteiger partial charge in [-0.3, -0.25) is 14.5 Å². The van der Waals surface area contributed by atoms with Crippen LogP contribution in [0.15, 0.2) is 54.6 Å². The number of fused-ring (bicyclic) bond motifs is 1. The van der Waals surface area contributed by atoms with Crippen LogP contribution in [0.25, 0.3) is 0 Å². The average molecular weight is 605 g/mol. The molecule has 5 rings (SSSR count). The van der Waals surface area contributed by atoms with Gasteiger partial charge >= 0.3 is 5.97 Å². The number of likely N-dealkylation sites (tertiary alicyclic amines) is 1. The standard InChI is InChI=1S/C35H41FN2O6/c1-4-7-8-15-42-27-12-9-24(10-13-27)34-32(35(40)41)28(25-11-14-29-30(18-25)44-21-43-29)19-38(34)20-31(39)37-33-22(5-2)16-26(36)17-23(33)6-3/h9-14,16-18,28,32,34H,4-8,15,19-21H2,1-3H3,(H,37,39)(H,40,41)/t28-,32?,34+/m1/s1. The number of unbranched alkanes of at least 4 members (excludes halogenated alkanes) is 2. The maximum absolute atomic E-state index is 14.2. The molecule has 1 amide bonds. The molecule has 44 heavy (non-hydrogen) atoms. The molecule has 1 fully saturated rings. The maximum Gasteiger partial charge on any atom is 0.309 e. The molecule has 2 heterocycles. The van der Waals surface area contributed by atoms with Gasteiger partial charge in [-0.15, -0.1) is 0 Å². The summed E-state index contributed by atoms with van der Waals surface area (Å²) >= 11 is 0. The number of halogens is 1. The van der Waals surface area contributed by atoms with Crippen molar-refractivity contribution in [1.82, 2.24) is 4.90 Å². The number of carbonyl (C=O) groups excluding carboxylic acids is 1. The van der Waals surface area contributed by atoms with Crippen molar-refractivity contribution < 1.29 is 33.3 Å². The number of anilines is 1. The minimum atomic E-state index is -0.944. The summed E-state index contributed by atoms with van der Waals surface area (Å²) in [5, 5.41) is 13.6. The molecule has 1 saturated heterocycles. The highest BCUT2D eigenvalue weighted by atomic mass is 19.1. The van der Waals surface area contributed by atoms with E-state index in [0.717, 1.165) is 47.3 Å². The number of carbonyl (C=O) groups is 2. The summed E-state index contributed by atoms with van der Waals surface area (Å²) in [6.07, 6.45) is 4.29. The van der Waals surface area contributed by atoms with Crippen molar-refractivity contribution in [2.24, 2.45) is 5.92 Å². The minimum absolute atomic E-state index is 0.0333. The van der Waals surface area contributed by atoms with Gasteiger partial charge in [0.2, 0.25) is 12.7 Å². The Kier molecular flexibility index (Phi) is 10.0. The van der Waals surface area contributed by atoms with Crippen molar-refractivity contribution >= 4 is 17.6 Å². The molecule has 3 aromatic rings. The average Bonchev–Trinajstić information content (AvgIpc) is 3.64. The van der Waals surface area contributed by atoms with Gasteiger partial charge in [-0.1, -0.05) is 51.8 Å². The molecule has 2 aliphatic heterocycles. The topological polar surface area (TPSA) is 97.3 Å². The third kappa shape index (κ3) is 6.83. The molecular formula is C35H41FN2O6. The van der Waals surface area contributed by atoms with Gasteiger partial charge in [0.1, 0.15) is 11.6 Å². The lowest BCUT2D eigenvalue weighted by Gasteiger charge is -2.27. The maximum atomic E-state index is 14.2. The Labute approximate surface area is 258 Å². The molecule has 2 aliphatic rings. The number of nitrogens with one attached hydrogen (secondary N) is 1. The van der Waals surface area contributed by atoms with E-state index >= 15 is 0 Å². The first kappa shape index (κ1) is 31.3. The fraction of sp³-hybridized carbons (Fsp3) is 0.429. The van der Waals surface area contributed by atoms with Crippen LogP contribution >= 0.6 is 0 Å². The molecule has 0 bridgehead atoms. The second-order valence-electron chi connectivity index (χ2n) is 11.4. The molecule has 0 radical (unpaired) electrons. The molecule has 1 unspecified atom stereocenters. The number of nitrogens with zero attached hydrogens (tertiary/aromatic N) is 1. The van der Waals surface area contributed by atoms with E-state index in [1.54, 1.807) is 6.07 Å². The van der Waals surface area contributed by atoms with E-state index in [4.69, 9.17) is 14.2 Å². The van der Waals surface area contributed by atoms with Crippen LogP contribution in [0.2, 0.25) is 0 Å². The number of carboxylic acid groups (broad SMARTS) is 1. The third-order valence-electron chi connectivity index (χ3n) is 8.59. The summed E-state index contributed by atoms with van der Waals surface area (Å²) < 4.78 is 31.2. The molecule has 9 heteroatoms. The van der Waals surface area contributed by atoms with Gasteiger partial charge in [0, 0.05) is 24.2 Å². The van der Waals surface area contributed by atoms with Gasteiger partial charge < -0.3 is 24.6 Å². The normalized spacial score (nSPS) is 19.2. The predicted molar refractivity (Wildman–Crippen MR) is 166 cm³/mol. The Bertz CT molecular complexity index is 1450. The van der Waals surface area contributed by atoms with Crippen LogP contribution in [0, 0.1) is 11.7 Å². The highest BCUT2D eigenvalue weighted by Crippen LogP contribution is 2.47. The van der Waals surface area contributed by atoms with Gasteiger partial charge in [-0.25, -0.2) is 4.39 Å². The number of ether oxygens (including phenoxy) is 3. The van der Waals surface area contributed by atoms with Crippen LogP contribution in [0.5, 0.6) is 17.2 Å². The molecule has 0 aromatic heterocycles. The largest absolute Gasteiger partial charge is 0.494 e. The van der Waals surface area contributed by atoms with Crippen LogP contribution in [0.4, 0.5) is 10.1 Å². The molecule has 0 aliphatic carbocycles. The van der Waals surface area contributed by atoms with Crippen molar-refractivity contribution in [3.05, 3.63) is 82.7 Å². The zero-order chi connectivity index (χ0) is 31.2. The lowest BCUT2D eigenvalue weighted by atomic mass is 9.82. The fourth-order valence-corrected chi connectivity index (χ4v) is 6.38. The summed E-state index contributed by atoms with van der Waals surface area (Å²) in [6, 6.07) is 15.4. The summed E-state index contributed by atoms with van der Waals surface area (Å²) in [6.45, 7) is 7.04. The van der Waals surface area contributed by atoms with Crippen molar-refractivity contribution in [3.8, 4) is 17.2 Å². The lowest BCUT2D eigenvalue weighted by Crippen LogP contribution is -2.35. The van der Waals surface area contributed by atoms with Crippen LogP contribution in [-0.2, 0) is 22.4 Å². The second kappa shape index (κ2) is 14.1. The predicted octanol–water partition coefficient (Wildman–Crippen LogP) is 6.73. The van der Waals surface area contributed by atoms with Crippen molar-refractivity contribution in [2.45, 2.75) is 64.8 Å². The monoisotopic (exact) mass is 604 g/mol. The summed E-state index contributed by atoms with van der Waals surface area (Å²) in [7, 11) is 0. The van der Waals surface area contributed by atoms with Gasteiger partial charge in [0.25, 0.3) is 0 Å². The Hall–Kier alpha value is -4.11. The molecule has 0 saturated carbocycles. The lowest BCUT2D eigenvalue weighted by molar-refractivity contribution is -0.143. The number of carboxylic acids is 1. The third-order valence-corrected chi connectivity index (χ3v) is 8.59. The number of aryl methyl sites for hydroxylation is 2. The molecule has 8 nitrogen and oxygen atoms in total. The van der Waals surface area contributed by atoms with Crippen LogP contribution in [0.1, 0.15) is 74.2 Å². The zero-order valence-corrected chi connectivity index (χ0v) is 25.6.